The van der Waals surface area contributed by atoms with Crippen molar-refractivity contribution in [1.29, 1.82) is 0 Å². The first-order chi connectivity index (χ1) is 18.9. The minimum absolute atomic E-state index is 0.209. The van der Waals surface area contributed by atoms with Crippen LogP contribution in [-0.2, 0) is 39.9 Å². The van der Waals surface area contributed by atoms with E-state index in [0.29, 0.717) is 17.9 Å². The van der Waals surface area contributed by atoms with E-state index in [1.165, 1.54) is 23.8 Å². The fraction of sp³-hybridized carbons (Fsp3) is 0.531. The number of fused-ring (bicyclic) bond motifs is 2. The molecule has 0 saturated carbocycles. The Kier molecular flexibility index (Phi) is 10.6. The summed E-state index contributed by atoms with van der Waals surface area (Å²) >= 11 is 0. The van der Waals surface area contributed by atoms with Gasteiger partial charge in [0.1, 0.15) is 18.0 Å². The third-order valence-electron chi connectivity index (χ3n) is 6.94. The van der Waals surface area contributed by atoms with Crippen LogP contribution in [0.1, 0.15) is 96.0 Å². The minimum atomic E-state index is -0.546. The van der Waals surface area contributed by atoms with E-state index in [0.717, 1.165) is 55.2 Å². The van der Waals surface area contributed by atoms with Crippen LogP contribution < -0.4 is 10.1 Å². The lowest BCUT2D eigenvalue weighted by molar-refractivity contribution is 0.0491. The van der Waals surface area contributed by atoms with Crippen LogP contribution in [0.4, 0.5) is 4.79 Å². The van der Waals surface area contributed by atoms with E-state index < -0.39 is 11.7 Å². The van der Waals surface area contributed by atoms with E-state index in [2.05, 4.69) is 11.4 Å². The van der Waals surface area contributed by atoms with E-state index in [1.807, 2.05) is 46.8 Å². The predicted octanol–water partition coefficient (Wildman–Crippen LogP) is 5.91. The molecular weight excluding hydrogens is 510 g/mol. The third kappa shape index (κ3) is 7.99. The van der Waals surface area contributed by atoms with Gasteiger partial charge in [0.2, 0.25) is 0 Å². The van der Waals surface area contributed by atoms with Gasteiger partial charge in [-0.1, -0.05) is 12.1 Å². The summed E-state index contributed by atoms with van der Waals surface area (Å²) in [6, 6.07) is 7.40. The lowest BCUT2D eigenvalue weighted by atomic mass is 9.98. The number of aryl methyl sites for hydroxylation is 1. The van der Waals surface area contributed by atoms with Gasteiger partial charge in [-0.15, -0.1) is 0 Å². The minimum Gasteiger partial charge on any atom is -0.491 e. The van der Waals surface area contributed by atoms with Crippen molar-refractivity contribution in [3.63, 3.8) is 0 Å². The number of carbonyl (C=O) groups is 3. The Hall–Kier alpha value is -3.55. The lowest BCUT2D eigenvalue weighted by Gasteiger charge is -2.22. The summed E-state index contributed by atoms with van der Waals surface area (Å²) in [5, 5.41) is 2.76. The number of rotatable bonds is 7. The van der Waals surface area contributed by atoms with Crippen molar-refractivity contribution in [2.45, 2.75) is 91.7 Å². The topological polar surface area (TPSA) is 100 Å². The molecule has 1 atom stereocenters. The SMILES string of the molecule is CCOC(=O)c1cc(OC[C@H](C)NC(=O)OC(C)(C)C)c(C)c2c1CCC2.COC(=O)c1cccc2c1CCC2. The van der Waals surface area contributed by atoms with Crippen molar-refractivity contribution in [2.75, 3.05) is 20.3 Å². The standard InChI is InChI=1S/C21H31NO5.C11H12O2/c1-7-25-19(23)17-11-18(14(3)15-9-8-10-16(15)17)26-12-13(2)22-20(24)27-21(4,5)6;1-13-11(12)10-7-3-5-8-4-2-6-9(8)10/h11,13H,7-10,12H2,1-6H3,(H,22,24);3,5,7H,2,4,6H2,1H3/t13-;/m0./s1. The van der Waals surface area contributed by atoms with Gasteiger partial charge in [-0.2, -0.15) is 0 Å². The number of nitrogens with one attached hydrogen (secondary N) is 1. The van der Waals surface area contributed by atoms with Crippen LogP contribution in [-0.4, -0.2) is 50.0 Å². The molecule has 0 bridgehead atoms. The van der Waals surface area contributed by atoms with Gasteiger partial charge in [-0.05, 0) is 120 Å². The van der Waals surface area contributed by atoms with E-state index in [4.69, 9.17) is 18.9 Å². The van der Waals surface area contributed by atoms with Crippen LogP contribution >= 0.6 is 0 Å². The van der Waals surface area contributed by atoms with E-state index >= 15 is 0 Å². The molecular formula is C32H43NO7. The molecule has 0 unspecified atom stereocenters. The van der Waals surface area contributed by atoms with E-state index in [1.54, 1.807) is 13.0 Å². The second-order valence-electron chi connectivity index (χ2n) is 11.2. The Morgan fingerprint density at radius 1 is 0.950 bits per heavy atom. The molecule has 8 nitrogen and oxygen atoms in total. The molecule has 1 amide bonds. The largest absolute Gasteiger partial charge is 0.491 e. The smallest absolute Gasteiger partial charge is 0.407 e. The van der Waals surface area contributed by atoms with Crippen molar-refractivity contribution >= 4 is 18.0 Å². The molecule has 0 fully saturated rings. The summed E-state index contributed by atoms with van der Waals surface area (Å²) in [7, 11) is 1.43. The molecule has 0 radical (unpaired) electrons. The van der Waals surface area contributed by atoms with Crippen molar-refractivity contribution in [3.8, 4) is 5.75 Å². The summed E-state index contributed by atoms with van der Waals surface area (Å²) in [6.07, 6.45) is 5.65. The zero-order chi connectivity index (χ0) is 29.4. The monoisotopic (exact) mass is 553 g/mol. The summed E-state index contributed by atoms with van der Waals surface area (Å²) in [5.74, 6) is 0.149. The van der Waals surface area contributed by atoms with Crippen LogP contribution in [0.3, 0.4) is 0 Å². The van der Waals surface area contributed by atoms with Gasteiger partial charge < -0.3 is 24.3 Å². The van der Waals surface area contributed by atoms with Crippen molar-refractivity contribution in [1.82, 2.24) is 5.32 Å². The maximum atomic E-state index is 12.3. The van der Waals surface area contributed by atoms with E-state index in [-0.39, 0.29) is 24.6 Å². The highest BCUT2D eigenvalue weighted by Gasteiger charge is 2.25. The number of amides is 1. The van der Waals surface area contributed by atoms with E-state index in [9.17, 15) is 14.4 Å². The number of hydrogen-bond acceptors (Lipinski definition) is 7. The molecule has 4 rings (SSSR count). The molecule has 0 aliphatic heterocycles. The van der Waals surface area contributed by atoms with Crippen LogP contribution in [0.15, 0.2) is 24.3 Å². The Balaban J connectivity index is 0.000000281. The number of ether oxygens (including phenoxy) is 4. The molecule has 0 heterocycles. The highest BCUT2D eigenvalue weighted by Crippen LogP contribution is 2.35. The van der Waals surface area contributed by atoms with Gasteiger partial charge in [-0.3, -0.25) is 0 Å². The Labute approximate surface area is 237 Å². The molecule has 8 heteroatoms. The summed E-state index contributed by atoms with van der Waals surface area (Å²) in [5.41, 5.74) is 6.62. The predicted molar refractivity (Wildman–Crippen MR) is 153 cm³/mol. The fourth-order valence-electron chi connectivity index (χ4n) is 5.16. The van der Waals surface area contributed by atoms with Gasteiger partial charge in [0.25, 0.3) is 0 Å². The van der Waals surface area contributed by atoms with Crippen molar-refractivity contribution < 1.29 is 33.3 Å². The van der Waals surface area contributed by atoms with Crippen LogP contribution in [0.2, 0.25) is 0 Å². The molecule has 0 saturated heterocycles. The molecule has 218 valence electrons. The number of alkyl carbamates (subject to hydrolysis) is 1. The van der Waals surface area contributed by atoms with Gasteiger partial charge in [0.05, 0.1) is 30.9 Å². The average molecular weight is 554 g/mol. The highest BCUT2D eigenvalue weighted by molar-refractivity contribution is 5.93. The van der Waals surface area contributed by atoms with Crippen molar-refractivity contribution in [3.05, 3.63) is 63.2 Å². The molecule has 2 aromatic rings. The average Bonchev–Trinajstić information content (AvgIpc) is 3.57. The van der Waals surface area contributed by atoms with Gasteiger partial charge in [-0.25, -0.2) is 14.4 Å². The summed E-state index contributed by atoms with van der Waals surface area (Å²) in [4.78, 5) is 35.5. The molecule has 2 aromatic carbocycles. The van der Waals surface area contributed by atoms with Gasteiger partial charge in [0.15, 0.2) is 0 Å². The quantitative estimate of drug-likeness (QED) is 0.336. The normalized spacial score (nSPS) is 14.2. The molecule has 1 N–H and O–H groups in total. The maximum absolute atomic E-state index is 12.3. The second kappa shape index (κ2) is 13.7. The summed E-state index contributed by atoms with van der Waals surface area (Å²) in [6.45, 7) is 11.7. The Morgan fingerprint density at radius 2 is 1.62 bits per heavy atom. The molecule has 2 aliphatic carbocycles. The Morgan fingerprint density at radius 3 is 2.30 bits per heavy atom. The van der Waals surface area contributed by atoms with Gasteiger partial charge >= 0.3 is 18.0 Å². The maximum Gasteiger partial charge on any atom is 0.407 e. The number of carbonyl (C=O) groups excluding carboxylic acids is 3. The summed E-state index contributed by atoms with van der Waals surface area (Å²) < 4.78 is 21.1. The van der Waals surface area contributed by atoms with Crippen LogP contribution in [0, 0.1) is 6.92 Å². The highest BCUT2D eigenvalue weighted by atomic mass is 16.6. The number of esters is 2. The Bertz CT molecular complexity index is 1230. The second-order valence-corrected chi connectivity index (χ2v) is 11.2. The first kappa shape index (κ1) is 31.0. The third-order valence-corrected chi connectivity index (χ3v) is 6.94. The van der Waals surface area contributed by atoms with Crippen LogP contribution in [0.5, 0.6) is 5.75 Å². The lowest BCUT2D eigenvalue weighted by Crippen LogP contribution is -2.40. The first-order valence-corrected chi connectivity index (χ1v) is 14.1. The number of benzene rings is 2. The van der Waals surface area contributed by atoms with Crippen molar-refractivity contribution in [2.24, 2.45) is 0 Å². The first-order valence-electron chi connectivity index (χ1n) is 14.1. The zero-order valence-electron chi connectivity index (χ0n) is 24.9. The molecule has 0 spiro atoms. The van der Waals surface area contributed by atoms with Gasteiger partial charge in [0, 0.05) is 0 Å². The molecule has 0 aromatic heterocycles. The molecule has 40 heavy (non-hydrogen) atoms. The fourth-order valence-corrected chi connectivity index (χ4v) is 5.16. The molecule has 2 aliphatic rings. The number of hydrogen-bond donors (Lipinski definition) is 1. The van der Waals surface area contributed by atoms with Crippen LogP contribution in [0.25, 0.3) is 0 Å². The number of methoxy groups -OCH3 is 1. The zero-order valence-corrected chi connectivity index (χ0v) is 24.9.